The van der Waals surface area contributed by atoms with Gasteiger partial charge < -0.3 is 14.2 Å². The van der Waals surface area contributed by atoms with E-state index in [-0.39, 0.29) is 16.9 Å². The molecule has 38 heavy (non-hydrogen) atoms. The van der Waals surface area contributed by atoms with Gasteiger partial charge in [0.15, 0.2) is 23.1 Å². The van der Waals surface area contributed by atoms with Crippen molar-refractivity contribution in [2.75, 3.05) is 13.2 Å². The van der Waals surface area contributed by atoms with E-state index in [1.54, 1.807) is 48.5 Å². The van der Waals surface area contributed by atoms with Crippen LogP contribution in [0.25, 0.3) is 22.3 Å². The van der Waals surface area contributed by atoms with Crippen LogP contribution in [0.3, 0.4) is 0 Å². The van der Waals surface area contributed by atoms with E-state index in [2.05, 4.69) is 6.58 Å². The molecule has 0 bridgehead atoms. The average molecular weight is 519 g/mol. The predicted molar refractivity (Wildman–Crippen MR) is 140 cm³/mol. The van der Waals surface area contributed by atoms with Crippen LogP contribution in [0.4, 0.5) is 13.2 Å². The van der Waals surface area contributed by atoms with Crippen LogP contribution in [0.1, 0.15) is 23.7 Å². The number of hydrogen-bond donors (Lipinski definition) is 0. The van der Waals surface area contributed by atoms with Gasteiger partial charge in [0.1, 0.15) is 5.75 Å². The number of esters is 1. The molecule has 7 heteroatoms. The summed E-state index contributed by atoms with van der Waals surface area (Å²) in [5.74, 6) is -3.55. The number of hydrogen-bond acceptors (Lipinski definition) is 4. The fourth-order valence-electron chi connectivity index (χ4n) is 3.74. The molecule has 0 aliphatic carbocycles. The third-order valence-electron chi connectivity index (χ3n) is 5.69. The Hall–Kier alpha value is -4.52. The van der Waals surface area contributed by atoms with Gasteiger partial charge in [-0.1, -0.05) is 36.4 Å². The van der Waals surface area contributed by atoms with Gasteiger partial charge >= 0.3 is 5.97 Å². The SMILES string of the molecule is C=CCCOc1ccc(-c2ccc(C(=O)Oc3ccc(-c4ccc(OCC)cc4)c(F)c3F)cc2)cc1F. The Balaban J connectivity index is 1.46. The first-order chi connectivity index (χ1) is 18.4. The highest BCUT2D eigenvalue weighted by Crippen LogP contribution is 2.32. The maximum Gasteiger partial charge on any atom is 0.343 e. The molecule has 0 fully saturated rings. The summed E-state index contributed by atoms with van der Waals surface area (Å²) >= 11 is 0. The summed E-state index contributed by atoms with van der Waals surface area (Å²) in [5.41, 5.74) is 1.82. The van der Waals surface area contributed by atoms with Crippen LogP contribution in [0, 0.1) is 17.5 Å². The largest absolute Gasteiger partial charge is 0.494 e. The number of benzene rings is 4. The van der Waals surface area contributed by atoms with Crippen molar-refractivity contribution in [1.82, 2.24) is 0 Å². The molecule has 4 aromatic rings. The third kappa shape index (κ3) is 6.06. The average Bonchev–Trinajstić information content (AvgIpc) is 2.93. The summed E-state index contributed by atoms with van der Waals surface area (Å²) in [5, 5.41) is 0. The zero-order valence-corrected chi connectivity index (χ0v) is 20.7. The first kappa shape index (κ1) is 26.5. The predicted octanol–water partition coefficient (Wildman–Crippen LogP) is 8.01. The Morgan fingerprint density at radius 1 is 0.789 bits per heavy atom. The van der Waals surface area contributed by atoms with Gasteiger partial charge in [0.25, 0.3) is 0 Å². The number of rotatable bonds is 10. The van der Waals surface area contributed by atoms with Crippen LogP contribution in [-0.4, -0.2) is 19.2 Å². The van der Waals surface area contributed by atoms with E-state index in [1.807, 2.05) is 6.92 Å². The summed E-state index contributed by atoms with van der Waals surface area (Å²) < 4.78 is 59.8. The van der Waals surface area contributed by atoms with Crippen molar-refractivity contribution in [2.24, 2.45) is 0 Å². The minimum Gasteiger partial charge on any atom is -0.494 e. The van der Waals surface area contributed by atoms with Crippen LogP contribution in [0.15, 0.2) is 91.5 Å². The number of halogens is 3. The topological polar surface area (TPSA) is 44.8 Å². The van der Waals surface area contributed by atoms with E-state index in [0.717, 1.165) is 0 Å². The normalized spacial score (nSPS) is 10.6. The molecule has 0 N–H and O–H groups in total. The fraction of sp³-hybridized carbons (Fsp3) is 0.129. The highest BCUT2D eigenvalue weighted by atomic mass is 19.2. The lowest BCUT2D eigenvalue weighted by atomic mass is 10.0. The minimum absolute atomic E-state index is 0.0269. The quantitative estimate of drug-likeness (QED) is 0.0923. The van der Waals surface area contributed by atoms with Crippen molar-refractivity contribution in [1.29, 1.82) is 0 Å². The Morgan fingerprint density at radius 3 is 2.11 bits per heavy atom. The van der Waals surface area contributed by atoms with Crippen LogP contribution in [0.5, 0.6) is 17.2 Å². The third-order valence-corrected chi connectivity index (χ3v) is 5.69. The summed E-state index contributed by atoms with van der Waals surface area (Å²) in [6, 6.07) is 19.8. The monoisotopic (exact) mass is 518 g/mol. The zero-order valence-electron chi connectivity index (χ0n) is 20.7. The van der Waals surface area contributed by atoms with E-state index in [0.29, 0.717) is 42.1 Å². The van der Waals surface area contributed by atoms with Crippen LogP contribution in [0.2, 0.25) is 0 Å². The molecule has 0 aliphatic rings. The molecule has 0 saturated carbocycles. The molecule has 0 radical (unpaired) electrons. The Kier molecular flexibility index (Phi) is 8.48. The molecule has 194 valence electrons. The van der Waals surface area contributed by atoms with Crippen LogP contribution < -0.4 is 14.2 Å². The molecule has 0 atom stereocenters. The fourth-order valence-corrected chi connectivity index (χ4v) is 3.74. The second-order valence-corrected chi connectivity index (χ2v) is 8.23. The maximum atomic E-state index is 14.8. The Labute approximate surface area is 218 Å². The van der Waals surface area contributed by atoms with Gasteiger partial charge in [0.2, 0.25) is 5.82 Å². The lowest BCUT2D eigenvalue weighted by molar-refractivity contribution is 0.0726. The van der Waals surface area contributed by atoms with Crippen LogP contribution in [-0.2, 0) is 0 Å². The van der Waals surface area contributed by atoms with E-state index < -0.39 is 29.2 Å². The maximum absolute atomic E-state index is 14.8. The summed E-state index contributed by atoms with van der Waals surface area (Å²) in [4.78, 5) is 12.6. The molecular weight excluding hydrogens is 493 g/mol. The van der Waals surface area contributed by atoms with Crippen molar-refractivity contribution in [3.8, 4) is 39.5 Å². The van der Waals surface area contributed by atoms with E-state index in [9.17, 15) is 18.0 Å². The van der Waals surface area contributed by atoms with Gasteiger partial charge in [-0.3, -0.25) is 0 Å². The van der Waals surface area contributed by atoms with Crippen molar-refractivity contribution < 1.29 is 32.2 Å². The van der Waals surface area contributed by atoms with Crippen molar-refractivity contribution in [2.45, 2.75) is 13.3 Å². The van der Waals surface area contributed by atoms with Gasteiger partial charge in [-0.25, -0.2) is 13.6 Å². The smallest absolute Gasteiger partial charge is 0.343 e. The number of carbonyl (C=O) groups is 1. The first-order valence-electron chi connectivity index (χ1n) is 12.0. The summed E-state index contributed by atoms with van der Waals surface area (Å²) in [7, 11) is 0. The molecule has 4 aromatic carbocycles. The van der Waals surface area contributed by atoms with E-state index in [4.69, 9.17) is 14.2 Å². The van der Waals surface area contributed by atoms with E-state index >= 15 is 0 Å². The molecule has 0 saturated heterocycles. The lowest BCUT2D eigenvalue weighted by Crippen LogP contribution is -2.10. The van der Waals surface area contributed by atoms with Gasteiger partial charge in [0.05, 0.1) is 18.8 Å². The van der Waals surface area contributed by atoms with Gasteiger partial charge in [-0.2, -0.15) is 4.39 Å². The number of carbonyl (C=O) groups excluding carboxylic acids is 1. The zero-order chi connectivity index (χ0) is 27.1. The van der Waals surface area contributed by atoms with E-state index in [1.165, 1.54) is 36.4 Å². The highest BCUT2D eigenvalue weighted by molar-refractivity contribution is 5.91. The summed E-state index contributed by atoms with van der Waals surface area (Å²) in [6.45, 7) is 6.26. The first-order valence-corrected chi connectivity index (χ1v) is 12.0. The standard InChI is InChI=1S/C31H25F3O4/c1-3-5-18-37-27-16-12-23(19-26(27)32)20-6-8-22(9-7-20)31(35)38-28-17-15-25(29(33)30(28)34)21-10-13-24(14-11-21)36-4-2/h3,6-17,19H,1,4-5,18H2,2H3. The molecule has 0 unspecified atom stereocenters. The van der Waals surface area contributed by atoms with Gasteiger partial charge in [-0.15, -0.1) is 6.58 Å². The Morgan fingerprint density at radius 2 is 1.45 bits per heavy atom. The molecule has 0 spiro atoms. The molecule has 0 aliphatic heterocycles. The van der Waals surface area contributed by atoms with Gasteiger partial charge in [-0.05, 0) is 78.6 Å². The number of ether oxygens (including phenoxy) is 3. The second kappa shape index (κ2) is 12.1. The molecule has 4 nitrogen and oxygen atoms in total. The van der Waals surface area contributed by atoms with Crippen LogP contribution >= 0.6 is 0 Å². The van der Waals surface area contributed by atoms with Crippen molar-refractivity contribution >= 4 is 5.97 Å². The highest BCUT2D eigenvalue weighted by Gasteiger charge is 2.19. The second-order valence-electron chi connectivity index (χ2n) is 8.23. The molecule has 4 rings (SSSR count). The lowest BCUT2D eigenvalue weighted by Gasteiger charge is -2.11. The van der Waals surface area contributed by atoms with Gasteiger partial charge in [0, 0.05) is 5.56 Å². The Bertz CT molecular complexity index is 1430. The summed E-state index contributed by atoms with van der Waals surface area (Å²) in [6.07, 6.45) is 2.28. The van der Waals surface area contributed by atoms with Crippen molar-refractivity contribution in [3.63, 3.8) is 0 Å². The molecular formula is C31H25F3O4. The molecule has 0 aromatic heterocycles. The minimum atomic E-state index is -1.27. The molecule has 0 amide bonds. The molecule has 0 heterocycles. The van der Waals surface area contributed by atoms with Crippen molar-refractivity contribution in [3.05, 3.63) is 115 Å².